The van der Waals surface area contributed by atoms with Crippen LogP contribution in [0.15, 0.2) is 59.2 Å². The number of phenolic OH excluding ortho intramolecular Hbond substituents is 1. The normalized spacial score (nSPS) is 10.7. The molecular weight excluding hydrogens is 316 g/mol. The number of benzene rings is 2. The summed E-state index contributed by atoms with van der Waals surface area (Å²) in [6, 6.07) is 15.2. The highest BCUT2D eigenvalue weighted by atomic mass is 79.9. The van der Waals surface area contributed by atoms with E-state index in [1.54, 1.807) is 18.3 Å². The number of nitrogens with zero attached hydrogens (tertiary/aromatic N) is 1. The maximum Gasteiger partial charge on any atom is 0.117 e. The van der Waals surface area contributed by atoms with Gasteiger partial charge in [0.15, 0.2) is 0 Å². The van der Waals surface area contributed by atoms with Crippen LogP contribution in [-0.4, -0.2) is 10.1 Å². The molecule has 0 aliphatic carbocycles. The summed E-state index contributed by atoms with van der Waals surface area (Å²) in [7, 11) is 0. The molecule has 1 aromatic heterocycles. The summed E-state index contributed by atoms with van der Waals surface area (Å²) >= 11 is 3.54. The Balaban J connectivity index is 1.90. The highest BCUT2D eigenvalue weighted by Crippen LogP contribution is 2.26. The van der Waals surface area contributed by atoms with E-state index in [1.807, 2.05) is 30.3 Å². The first-order chi connectivity index (χ1) is 9.74. The molecule has 0 aliphatic heterocycles. The van der Waals surface area contributed by atoms with Crippen LogP contribution in [0.5, 0.6) is 5.75 Å². The Bertz CT molecular complexity index is 758. The molecule has 0 fully saturated rings. The second-order valence-electron chi connectivity index (χ2n) is 4.51. The van der Waals surface area contributed by atoms with Crippen molar-refractivity contribution in [3.05, 3.63) is 64.8 Å². The van der Waals surface area contributed by atoms with Crippen molar-refractivity contribution in [1.29, 1.82) is 0 Å². The predicted octanol–water partition coefficient (Wildman–Crippen LogP) is 4.32. The number of aromatic hydroxyl groups is 1. The summed E-state index contributed by atoms with van der Waals surface area (Å²) in [5, 5.41) is 13.9. The number of anilines is 1. The topological polar surface area (TPSA) is 45.1 Å². The Morgan fingerprint density at radius 1 is 1.10 bits per heavy atom. The molecule has 100 valence electrons. The second kappa shape index (κ2) is 5.51. The summed E-state index contributed by atoms with van der Waals surface area (Å²) in [4.78, 5) is 4.45. The van der Waals surface area contributed by atoms with Crippen molar-refractivity contribution in [3.63, 3.8) is 0 Å². The van der Waals surface area contributed by atoms with E-state index >= 15 is 0 Å². The summed E-state index contributed by atoms with van der Waals surface area (Å²) in [5.74, 6) is 0.258. The molecule has 0 radical (unpaired) electrons. The zero-order valence-electron chi connectivity index (χ0n) is 10.7. The Kier molecular flexibility index (Phi) is 3.56. The van der Waals surface area contributed by atoms with Gasteiger partial charge in [0.25, 0.3) is 0 Å². The molecule has 2 N–H and O–H groups in total. The molecule has 3 rings (SSSR count). The molecule has 0 atom stereocenters. The monoisotopic (exact) mass is 328 g/mol. The van der Waals surface area contributed by atoms with Crippen molar-refractivity contribution in [2.75, 3.05) is 5.32 Å². The van der Waals surface area contributed by atoms with E-state index in [4.69, 9.17) is 0 Å². The maximum absolute atomic E-state index is 9.46. The fourth-order valence-corrected chi connectivity index (χ4v) is 2.60. The molecule has 0 bridgehead atoms. The third kappa shape index (κ3) is 2.60. The van der Waals surface area contributed by atoms with Crippen LogP contribution in [0.3, 0.4) is 0 Å². The minimum atomic E-state index is 0.258. The van der Waals surface area contributed by atoms with Crippen LogP contribution >= 0.6 is 15.9 Å². The molecule has 0 spiro atoms. The number of pyridine rings is 1. The number of halogens is 1. The van der Waals surface area contributed by atoms with E-state index < -0.39 is 0 Å². The van der Waals surface area contributed by atoms with Gasteiger partial charge in [0.1, 0.15) is 5.75 Å². The van der Waals surface area contributed by atoms with Gasteiger partial charge in [-0.15, -0.1) is 0 Å². The zero-order chi connectivity index (χ0) is 13.9. The fourth-order valence-electron chi connectivity index (χ4n) is 2.15. The van der Waals surface area contributed by atoms with Crippen LogP contribution in [-0.2, 0) is 6.54 Å². The summed E-state index contributed by atoms with van der Waals surface area (Å²) < 4.78 is 1.04. The summed E-state index contributed by atoms with van der Waals surface area (Å²) in [6.45, 7) is 0.657. The molecular formula is C16H13BrN2O. The number of phenols is 1. The Morgan fingerprint density at radius 2 is 2.00 bits per heavy atom. The first kappa shape index (κ1) is 12.9. The highest BCUT2D eigenvalue weighted by molar-refractivity contribution is 9.10. The number of hydrogen-bond donors (Lipinski definition) is 2. The van der Waals surface area contributed by atoms with E-state index in [1.165, 1.54) is 0 Å². The Hall–Kier alpha value is -2.07. The number of fused-ring (bicyclic) bond motifs is 1. The van der Waals surface area contributed by atoms with Crippen molar-refractivity contribution in [1.82, 2.24) is 4.98 Å². The third-order valence-electron chi connectivity index (χ3n) is 3.13. The van der Waals surface area contributed by atoms with E-state index in [-0.39, 0.29) is 5.75 Å². The van der Waals surface area contributed by atoms with Crippen LogP contribution < -0.4 is 5.32 Å². The number of aromatic nitrogens is 1. The smallest absolute Gasteiger partial charge is 0.117 e. The lowest BCUT2D eigenvalue weighted by Crippen LogP contribution is -2.00. The largest absolute Gasteiger partial charge is 0.508 e. The van der Waals surface area contributed by atoms with Gasteiger partial charge >= 0.3 is 0 Å². The van der Waals surface area contributed by atoms with Crippen molar-refractivity contribution in [2.45, 2.75) is 6.54 Å². The van der Waals surface area contributed by atoms with Gasteiger partial charge in [0, 0.05) is 34.4 Å². The van der Waals surface area contributed by atoms with Crippen LogP contribution in [0.2, 0.25) is 0 Å². The first-order valence-corrected chi connectivity index (χ1v) is 7.08. The second-order valence-corrected chi connectivity index (χ2v) is 5.36. The molecule has 0 unspecified atom stereocenters. The lowest BCUT2D eigenvalue weighted by molar-refractivity contribution is 0.475. The lowest BCUT2D eigenvalue weighted by Gasteiger charge is -2.10. The van der Waals surface area contributed by atoms with Crippen LogP contribution in [0.4, 0.5) is 5.69 Å². The third-order valence-corrected chi connectivity index (χ3v) is 3.82. The van der Waals surface area contributed by atoms with Gasteiger partial charge in [-0.1, -0.05) is 34.1 Å². The Labute approximate surface area is 125 Å². The minimum Gasteiger partial charge on any atom is -0.508 e. The van der Waals surface area contributed by atoms with E-state index in [0.717, 1.165) is 26.6 Å². The molecule has 3 aromatic rings. The molecule has 0 saturated carbocycles. The molecule has 0 aliphatic rings. The highest BCUT2D eigenvalue weighted by Gasteiger charge is 2.05. The maximum atomic E-state index is 9.46. The van der Waals surface area contributed by atoms with Crippen LogP contribution in [0, 0.1) is 0 Å². The van der Waals surface area contributed by atoms with Gasteiger partial charge in [-0.05, 0) is 29.8 Å². The Morgan fingerprint density at radius 3 is 2.85 bits per heavy atom. The average Bonchev–Trinajstić information content (AvgIpc) is 2.47. The number of hydrogen-bond acceptors (Lipinski definition) is 3. The molecule has 20 heavy (non-hydrogen) atoms. The first-order valence-electron chi connectivity index (χ1n) is 6.29. The molecule has 0 saturated heterocycles. The van der Waals surface area contributed by atoms with Crippen molar-refractivity contribution >= 4 is 32.5 Å². The molecule has 2 aromatic carbocycles. The van der Waals surface area contributed by atoms with E-state index in [9.17, 15) is 5.11 Å². The van der Waals surface area contributed by atoms with Crippen LogP contribution in [0.1, 0.15) is 5.56 Å². The van der Waals surface area contributed by atoms with Gasteiger partial charge in [-0.25, -0.2) is 0 Å². The average molecular weight is 329 g/mol. The standard InChI is InChI=1S/C16H13BrN2O/c17-15-7-6-11(16-14(15)5-2-8-18-16)10-19-12-3-1-4-13(20)9-12/h1-9,19-20H,10H2. The summed E-state index contributed by atoms with van der Waals surface area (Å²) in [6.07, 6.45) is 1.80. The number of nitrogens with one attached hydrogen (secondary N) is 1. The lowest BCUT2D eigenvalue weighted by atomic mass is 10.1. The van der Waals surface area contributed by atoms with Crippen molar-refractivity contribution < 1.29 is 5.11 Å². The van der Waals surface area contributed by atoms with Crippen LogP contribution in [0.25, 0.3) is 10.9 Å². The molecule has 3 nitrogen and oxygen atoms in total. The number of rotatable bonds is 3. The van der Waals surface area contributed by atoms with Gasteiger partial charge in [0.05, 0.1) is 5.52 Å². The molecule has 1 heterocycles. The van der Waals surface area contributed by atoms with Crippen molar-refractivity contribution in [2.24, 2.45) is 0 Å². The molecule has 4 heteroatoms. The van der Waals surface area contributed by atoms with Crippen molar-refractivity contribution in [3.8, 4) is 5.75 Å². The molecule has 0 amide bonds. The van der Waals surface area contributed by atoms with Gasteiger partial charge in [-0.2, -0.15) is 0 Å². The van der Waals surface area contributed by atoms with E-state index in [0.29, 0.717) is 6.54 Å². The van der Waals surface area contributed by atoms with Gasteiger partial charge in [-0.3, -0.25) is 4.98 Å². The zero-order valence-corrected chi connectivity index (χ0v) is 12.3. The minimum absolute atomic E-state index is 0.258. The van der Waals surface area contributed by atoms with E-state index in [2.05, 4.69) is 32.3 Å². The van der Waals surface area contributed by atoms with Gasteiger partial charge in [0.2, 0.25) is 0 Å². The SMILES string of the molecule is Oc1cccc(NCc2ccc(Br)c3cccnc23)c1. The van der Waals surface area contributed by atoms with Gasteiger partial charge < -0.3 is 10.4 Å². The summed E-state index contributed by atoms with van der Waals surface area (Å²) in [5.41, 5.74) is 2.98. The fraction of sp³-hybridized carbons (Fsp3) is 0.0625. The predicted molar refractivity (Wildman–Crippen MR) is 84.9 cm³/mol. The quantitative estimate of drug-likeness (QED) is 0.752.